The van der Waals surface area contributed by atoms with Crippen LogP contribution in [0.15, 0.2) is 0 Å². The number of carbonyl (C=O) groups is 1. The first-order chi connectivity index (χ1) is 8.55. The molecule has 0 aliphatic carbocycles. The lowest BCUT2D eigenvalue weighted by Crippen LogP contribution is -2.49. The molecule has 1 saturated heterocycles. The van der Waals surface area contributed by atoms with Crippen molar-refractivity contribution in [2.24, 2.45) is 0 Å². The fourth-order valence-electron chi connectivity index (χ4n) is 2.17. The molecule has 112 valence electrons. The van der Waals surface area contributed by atoms with Gasteiger partial charge in [-0.25, -0.2) is 13.1 Å². The molecule has 0 bridgehead atoms. The first-order valence-corrected chi connectivity index (χ1v) is 8.45. The van der Waals surface area contributed by atoms with E-state index in [1.165, 1.54) is 6.26 Å². The van der Waals surface area contributed by atoms with Crippen molar-refractivity contribution in [3.63, 3.8) is 0 Å². The first kappa shape index (κ1) is 16.4. The van der Waals surface area contributed by atoms with Crippen LogP contribution in [-0.4, -0.2) is 56.7 Å². The van der Waals surface area contributed by atoms with Crippen molar-refractivity contribution in [3.8, 4) is 0 Å². The quantitative estimate of drug-likeness (QED) is 0.759. The first-order valence-electron chi connectivity index (χ1n) is 6.56. The maximum Gasteiger partial charge on any atom is 0.234 e. The predicted molar refractivity (Wildman–Crippen MR) is 75.3 cm³/mol. The normalized spacial score (nSPS) is 19.4. The van der Waals surface area contributed by atoms with Gasteiger partial charge in [-0.05, 0) is 33.6 Å². The van der Waals surface area contributed by atoms with Crippen LogP contribution in [0.4, 0.5) is 0 Å². The minimum absolute atomic E-state index is 0.00285. The van der Waals surface area contributed by atoms with E-state index in [1.54, 1.807) is 0 Å². The second kappa shape index (κ2) is 6.19. The number of amides is 1. The molecule has 0 spiro atoms. The van der Waals surface area contributed by atoms with Crippen molar-refractivity contribution >= 4 is 15.9 Å². The molecule has 0 saturated carbocycles. The van der Waals surface area contributed by atoms with E-state index in [-0.39, 0.29) is 17.5 Å². The summed E-state index contributed by atoms with van der Waals surface area (Å²) in [5, 5.41) is 2.92. The highest BCUT2D eigenvalue weighted by atomic mass is 32.2. The molecule has 1 rings (SSSR count). The van der Waals surface area contributed by atoms with Gasteiger partial charge in [0.05, 0.1) is 12.8 Å². The smallest absolute Gasteiger partial charge is 0.234 e. The van der Waals surface area contributed by atoms with Crippen LogP contribution in [0.1, 0.15) is 33.6 Å². The highest BCUT2D eigenvalue weighted by Gasteiger charge is 2.23. The molecule has 0 aromatic heterocycles. The molecular weight excluding hydrogens is 266 g/mol. The van der Waals surface area contributed by atoms with Gasteiger partial charge in [-0.1, -0.05) is 0 Å². The Morgan fingerprint density at radius 3 is 2.21 bits per heavy atom. The number of nitrogens with zero attached hydrogens (tertiary/aromatic N) is 1. The minimum Gasteiger partial charge on any atom is -0.350 e. The molecule has 0 unspecified atom stereocenters. The van der Waals surface area contributed by atoms with Crippen LogP contribution in [0.3, 0.4) is 0 Å². The van der Waals surface area contributed by atoms with Crippen molar-refractivity contribution in [2.75, 3.05) is 25.9 Å². The molecule has 0 aromatic rings. The van der Waals surface area contributed by atoms with Crippen LogP contribution in [0.5, 0.6) is 0 Å². The predicted octanol–water partition coefficient (Wildman–Crippen LogP) is -0.0853. The third-order valence-electron chi connectivity index (χ3n) is 2.85. The Morgan fingerprint density at radius 1 is 1.26 bits per heavy atom. The van der Waals surface area contributed by atoms with Gasteiger partial charge in [0.2, 0.25) is 15.9 Å². The zero-order chi connectivity index (χ0) is 14.7. The Kier molecular flexibility index (Phi) is 5.34. The van der Waals surface area contributed by atoms with Crippen molar-refractivity contribution in [1.29, 1.82) is 0 Å². The van der Waals surface area contributed by atoms with Gasteiger partial charge >= 0.3 is 0 Å². The second-order valence-corrected chi connectivity index (χ2v) is 8.02. The van der Waals surface area contributed by atoms with Gasteiger partial charge in [-0.3, -0.25) is 9.69 Å². The molecule has 0 radical (unpaired) electrons. The van der Waals surface area contributed by atoms with E-state index in [9.17, 15) is 13.2 Å². The largest absolute Gasteiger partial charge is 0.350 e. The minimum atomic E-state index is -3.14. The highest BCUT2D eigenvalue weighted by molar-refractivity contribution is 7.88. The van der Waals surface area contributed by atoms with E-state index in [0.29, 0.717) is 6.54 Å². The fraction of sp³-hybridized carbons (Fsp3) is 0.917. The van der Waals surface area contributed by atoms with E-state index >= 15 is 0 Å². The third-order valence-corrected chi connectivity index (χ3v) is 3.61. The number of sulfonamides is 1. The average Bonchev–Trinajstić information content (AvgIpc) is 2.15. The van der Waals surface area contributed by atoms with Crippen LogP contribution in [-0.2, 0) is 14.8 Å². The topological polar surface area (TPSA) is 78.5 Å². The Bertz CT molecular complexity index is 406. The number of hydrogen-bond donors (Lipinski definition) is 2. The lowest BCUT2D eigenvalue weighted by atomic mass is 10.1. The highest BCUT2D eigenvalue weighted by Crippen LogP contribution is 2.11. The van der Waals surface area contributed by atoms with Gasteiger partial charge in [-0.15, -0.1) is 0 Å². The van der Waals surface area contributed by atoms with Crippen LogP contribution in [0, 0.1) is 0 Å². The third kappa shape index (κ3) is 7.49. The lowest BCUT2D eigenvalue weighted by molar-refractivity contribution is -0.123. The van der Waals surface area contributed by atoms with Crippen molar-refractivity contribution in [1.82, 2.24) is 14.9 Å². The van der Waals surface area contributed by atoms with E-state index in [0.717, 1.165) is 25.9 Å². The van der Waals surface area contributed by atoms with Gasteiger partial charge < -0.3 is 5.32 Å². The SMILES string of the molecule is CC(C)(C)NC(=O)CN1CCC(NS(C)(=O)=O)CC1. The number of hydrogen-bond acceptors (Lipinski definition) is 4. The van der Waals surface area contributed by atoms with Crippen molar-refractivity contribution in [3.05, 3.63) is 0 Å². The monoisotopic (exact) mass is 291 g/mol. The molecule has 0 atom stereocenters. The summed E-state index contributed by atoms with van der Waals surface area (Å²) in [5.74, 6) is 0.0158. The van der Waals surface area contributed by atoms with Gasteiger partial charge in [0.15, 0.2) is 0 Å². The molecule has 1 aliphatic heterocycles. The Balaban J connectivity index is 2.33. The maximum absolute atomic E-state index is 11.8. The van der Waals surface area contributed by atoms with Crippen LogP contribution >= 0.6 is 0 Å². The van der Waals surface area contributed by atoms with Crippen LogP contribution < -0.4 is 10.0 Å². The summed E-state index contributed by atoms with van der Waals surface area (Å²) < 4.78 is 24.9. The summed E-state index contributed by atoms with van der Waals surface area (Å²) in [6, 6.07) is -0.00285. The van der Waals surface area contributed by atoms with Crippen LogP contribution in [0.2, 0.25) is 0 Å². The summed E-state index contributed by atoms with van der Waals surface area (Å²) >= 11 is 0. The van der Waals surface area contributed by atoms with Crippen molar-refractivity contribution in [2.45, 2.75) is 45.2 Å². The molecule has 1 aliphatic rings. The van der Waals surface area contributed by atoms with Gasteiger partial charge in [0.25, 0.3) is 0 Å². The molecule has 2 N–H and O–H groups in total. The number of piperidine rings is 1. The van der Waals surface area contributed by atoms with Gasteiger partial charge in [0.1, 0.15) is 0 Å². The molecule has 1 fully saturated rings. The van der Waals surface area contributed by atoms with Gasteiger partial charge in [-0.2, -0.15) is 0 Å². The summed E-state index contributed by atoms with van der Waals surface area (Å²) in [5.41, 5.74) is -0.215. The number of carbonyl (C=O) groups excluding carboxylic acids is 1. The van der Waals surface area contributed by atoms with E-state index in [2.05, 4.69) is 14.9 Å². The summed E-state index contributed by atoms with van der Waals surface area (Å²) in [7, 11) is -3.14. The van der Waals surface area contributed by atoms with E-state index in [1.807, 2.05) is 20.8 Å². The Labute approximate surface area is 116 Å². The molecular formula is C12H25N3O3S. The molecule has 6 nitrogen and oxygen atoms in total. The molecule has 7 heteroatoms. The van der Waals surface area contributed by atoms with E-state index < -0.39 is 10.0 Å². The Morgan fingerprint density at radius 2 is 1.79 bits per heavy atom. The summed E-state index contributed by atoms with van der Waals surface area (Å²) in [6.45, 7) is 7.71. The average molecular weight is 291 g/mol. The van der Waals surface area contributed by atoms with Crippen LogP contribution in [0.25, 0.3) is 0 Å². The number of likely N-dealkylation sites (tertiary alicyclic amines) is 1. The molecule has 1 amide bonds. The maximum atomic E-state index is 11.8. The molecule has 0 aromatic carbocycles. The summed E-state index contributed by atoms with van der Waals surface area (Å²) in [4.78, 5) is 13.8. The van der Waals surface area contributed by atoms with Gasteiger partial charge in [0, 0.05) is 24.7 Å². The Hall–Kier alpha value is -0.660. The molecule has 1 heterocycles. The fourth-order valence-corrected chi connectivity index (χ4v) is 3.01. The standard InChI is InChI=1S/C12H25N3O3S/c1-12(2,3)13-11(16)9-15-7-5-10(6-8-15)14-19(4,17)18/h10,14H,5-9H2,1-4H3,(H,13,16). The van der Waals surface area contributed by atoms with Crippen molar-refractivity contribution < 1.29 is 13.2 Å². The number of rotatable bonds is 4. The number of nitrogens with one attached hydrogen (secondary N) is 2. The lowest BCUT2D eigenvalue weighted by Gasteiger charge is -2.32. The zero-order valence-corrected chi connectivity index (χ0v) is 13.0. The molecule has 19 heavy (non-hydrogen) atoms. The zero-order valence-electron chi connectivity index (χ0n) is 12.2. The van der Waals surface area contributed by atoms with E-state index in [4.69, 9.17) is 0 Å². The summed E-state index contributed by atoms with van der Waals surface area (Å²) in [6.07, 6.45) is 2.67. The second-order valence-electron chi connectivity index (χ2n) is 6.24.